The molecule has 2 rings (SSSR count). The molecule has 18 heavy (non-hydrogen) atoms. The van der Waals surface area contributed by atoms with Crippen molar-refractivity contribution < 1.29 is 9.21 Å². The average molecular weight is 312 g/mol. The normalized spacial score (nSPS) is 16.6. The van der Waals surface area contributed by atoms with Crippen molar-refractivity contribution in [3.05, 3.63) is 22.6 Å². The van der Waals surface area contributed by atoms with E-state index in [0.717, 1.165) is 19.6 Å². The molecule has 1 saturated heterocycles. The molecular formula is C12H14BrN3O2. The lowest BCUT2D eigenvalue weighted by molar-refractivity contribution is 0.0607. The van der Waals surface area contributed by atoms with Crippen LogP contribution in [-0.2, 0) is 0 Å². The molecule has 1 aromatic rings. The topological polar surface area (TPSA) is 60.5 Å². The fourth-order valence-electron chi connectivity index (χ4n) is 1.97. The first kappa shape index (κ1) is 13.1. The Morgan fingerprint density at radius 3 is 2.67 bits per heavy atom. The first-order chi connectivity index (χ1) is 8.70. The maximum Gasteiger partial charge on any atom is 0.289 e. The van der Waals surface area contributed by atoms with E-state index >= 15 is 0 Å². The molecule has 0 bridgehead atoms. The second-order valence-electron chi connectivity index (χ2n) is 4.15. The fourth-order valence-corrected chi connectivity index (χ4v) is 2.27. The molecule has 0 aliphatic carbocycles. The minimum absolute atomic E-state index is 0.0689. The van der Waals surface area contributed by atoms with Gasteiger partial charge in [0.1, 0.15) is 0 Å². The van der Waals surface area contributed by atoms with E-state index in [1.807, 2.05) is 0 Å². The highest BCUT2D eigenvalue weighted by molar-refractivity contribution is 9.10. The maximum atomic E-state index is 12.1. The van der Waals surface area contributed by atoms with E-state index in [1.54, 1.807) is 17.0 Å². The zero-order valence-electron chi connectivity index (χ0n) is 9.93. The molecule has 1 aromatic heterocycles. The van der Waals surface area contributed by atoms with E-state index in [1.165, 1.54) is 0 Å². The largest absolute Gasteiger partial charge is 0.444 e. The number of hydrogen-bond acceptors (Lipinski definition) is 4. The van der Waals surface area contributed by atoms with Gasteiger partial charge in [-0.15, -0.1) is 0 Å². The van der Waals surface area contributed by atoms with Gasteiger partial charge < -0.3 is 9.32 Å². The SMILES string of the molecule is N#CCCN1CCN(C(=O)c2ccc(Br)o2)CC1. The lowest BCUT2D eigenvalue weighted by Gasteiger charge is -2.33. The average Bonchev–Trinajstić information content (AvgIpc) is 2.83. The van der Waals surface area contributed by atoms with Crippen molar-refractivity contribution in [1.82, 2.24) is 9.80 Å². The summed E-state index contributed by atoms with van der Waals surface area (Å²) in [5.41, 5.74) is 0. The number of piperazine rings is 1. The van der Waals surface area contributed by atoms with Crippen LogP contribution in [0.5, 0.6) is 0 Å². The van der Waals surface area contributed by atoms with Crippen LogP contribution in [0, 0.1) is 11.3 Å². The number of halogens is 1. The van der Waals surface area contributed by atoms with Crippen LogP contribution >= 0.6 is 15.9 Å². The molecule has 1 aliphatic heterocycles. The summed E-state index contributed by atoms with van der Waals surface area (Å²) in [6.07, 6.45) is 0.541. The number of carbonyl (C=O) groups is 1. The molecule has 0 saturated carbocycles. The molecule has 0 N–H and O–H groups in total. The molecule has 1 fully saturated rings. The predicted molar refractivity (Wildman–Crippen MR) is 69.0 cm³/mol. The molecule has 0 unspecified atom stereocenters. The number of hydrogen-bond donors (Lipinski definition) is 0. The molecule has 0 atom stereocenters. The van der Waals surface area contributed by atoms with Crippen molar-refractivity contribution in [2.45, 2.75) is 6.42 Å². The summed E-state index contributed by atoms with van der Waals surface area (Å²) < 4.78 is 5.83. The van der Waals surface area contributed by atoms with Gasteiger partial charge in [-0.2, -0.15) is 5.26 Å². The summed E-state index contributed by atoms with van der Waals surface area (Å²) in [6, 6.07) is 5.53. The molecule has 1 aliphatic rings. The Balaban J connectivity index is 1.86. The van der Waals surface area contributed by atoms with E-state index in [-0.39, 0.29) is 5.91 Å². The molecule has 2 heterocycles. The van der Waals surface area contributed by atoms with Crippen molar-refractivity contribution in [2.75, 3.05) is 32.7 Å². The lowest BCUT2D eigenvalue weighted by Crippen LogP contribution is -2.48. The van der Waals surface area contributed by atoms with E-state index in [0.29, 0.717) is 29.9 Å². The van der Waals surface area contributed by atoms with Crippen molar-refractivity contribution in [3.63, 3.8) is 0 Å². The van der Waals surface area contributed by atoms with Gasteiger partial charge in [0, 0.05) is 39.1 Å². The summed E-state index contributed by atoms with van der Waals surface area (Å²) in [5.74, 6) is 0.299. The van der Waals surface area contributed by atoms with Crippen molar-refractivity contribution in [2.24, 2.45) is 0 Å². The van der Waals surface area contributed by atoms with Crippen LogP contribution in [0.1, 0.15) is 17.0 Å². The Morgan fingerprint density at radius 2 is 2.11 bits per heavy atom. The summed E-state index contributed by atoms with van der Waals surface area (Å²) in [6.45, 7) is 3.78. The van der Waals surface area contributed by atoms with Crippen LogP contribution in [0.2, 0.25) is 0 Å². The van der Waals surface area contributed by atoms with Crippen LogP contribution < -0.4 is 0 Å². The van der Waals surface area contributed by atoms with Gasteiger partial charge in [0.2, 0.25) is 0 Å². The highest BCUT2D eigenvalue weighted by Crippen LogP contribution is 2.16. The Labute approximate surface area is 114 Å². The molecule has 0 aromatic carbocycles. The summed E-state index contributed by atoms with van der Waals surface area (Å²) in [4.78, 5) is 16.1. The molecular weight excluding hydrogens is 298 g/mol. The molecule has 0 spiro atoms. The zero-order chi connectivity index (χ0) is 13.0. The molecule has 6 heteroatoms. The van der Waals surface area contributed by atoms with E-state index in [2.05, 4.69) is 26.9 Å². The van der Waals surface area contributed by atoms with E-state index < -0.39 is 0 Å². The molecule has 1 amide bonds. The van der Waals surface area contributed by atoms with Crippen molar-refractivity contribution in [3.8, 4) is 6.07 Å². The first-order valence-corrected chi connectivity index (χ1v) is 6.64. The third kappa shape index (κ3) is 3.12. The second-order valence-corrected chi connectivity index (χ2v) is 4.93. The number of furan rings is 1. The van der Waals surface area contributed by atoms with Crippen LogP contribution in [0.3, 0.4) is 0 Å². The number of amides is 1. The Kier molecular flexibility index (Phi) is 4.39. The number of rotatable bonds is 3. The summed E-state index contributed by atoms with van der Waals surface area (Å²) in [5, 5.41) is 8.53. The van der Waals surface area contributed by atoms with Gasteiger partial charge in [-0.05, 0) is 28.1 Å². The zero-order valence-corrected chi connectivity index (χ0v) is 11.5. The third-order valence-corrected chi connectivity index (χ3v) is 3.41. The highest BCUT2D eigenvalue weighted by atomic mass is 79.9. The van der Waals surface area contributed by atoms with Crippen LogP contribution in [0.4, 0.5) is 0 Å². The van der Waals surface area contributed by atoms with Gasteiger partial charge in [-0.25, -0.2) is 0 Å². The van der Waals surface area contributed by atoms with E-state index in [9.17, 15) is 4.79 Å². The quantitative estimate of drug-likeness (QED) is 0.852. The van der Waals surface area contributed by atoms with Gasteiger partial charge in [-0.1, -0.05) is 0 Å². The van der Waals surface area contributed by atoms with Crippen LogP contribution in [0.25, 0.3) is 0 Å². The minimum Gasteiger partial charge on any atom is -0.444 e. The predicted octanol–water partition coefficient (Wildman–Crippen LogP) is 1.71. The Bertz CT molecular complexity index is 458. The maximum absolute atomic E-state index is 12.1. The summed E-state index contributed by atoms with van der Waals surface area (Å²) >= 11 is 3.19. The highest BCUT2D eigenvalue weighted by Gasteiger charge is 2.23. The Morgan fingerprint density at radius 1 is 1.39 bits per heavy atom. The van der Waals surface area contributed by atoms with Crippen LogP contribution in [-0.4, -0.2) is 48.4 Å². The van der Waals surface area contributed by atoms with Gasteiger partial charge in [0.25, 0.3) is 5.91 Å². The number of carbonyl (C=O) groups excluding carboxylic acids is 1. The number of nitrogens with zero attached hydrogens (tertiary/aromatic N) is 3. The Hall–Kier alpha value is -1.32. The standard InChI is InChI=1S/C12H14BrN3O2/c13-11-3-2-10(18-11)12(17)16-8-6-15(7-9-16)5-1-4-14/h2-3H,1,5-9H2. The summed E-state index contributed by atoms with van der Waals surface area (Å²) in [7, 11) is 0. The fraction of sp³-hybridized carbons (Fsp3) is 0.500. The number of nitriles is 1. The smallest absolute Gasteiger partial charge is 0.289 e. The van der Waals surface area contributed by atoms with Crippen LogP contribution in [0.15, 0.2) is 21.2 Å². The second kappa shape index (κ2) is 6.03. The van der Waals surface area contributed by atoms with Gasteiger partial charge in [0.05, 0.1) is 6.07 Å². The lowest BCUT2D eigenvalue weighted by atomic mass is 10.2. The molecule has 96 valence electrons. The minimum atomic E-state index is -0.0689. The van der Waals surface area contributed by atoms with E-state index in [4.69, 9.17) is 9.68 Å². The third-order valence-electron chi connectivity index (χ3n) is 2.98. The van der Waals surface area contributed by atoms with Gasteiger partial charge in [-0.3, -0.25) is 9.69 Å². The molecule has 5 nitrogen and oxygen atoms in total. The first-order valence-electron chi connectivity index (χ1n) is 5.84. The van der Waals surface area contributed by atoms with Gasteiger partial charge in [0.15, 0.2) is 10.4 Å². The van der Waals surface area contributed by atoms with Crippen molar-refractivity contribution in [1.29, 1.82) is 5.26 Å². The van der Waals surface area contributed by atoms with Crippen molar-refractivity contribution >= 4 is 21.8 Å². The monoisotopic (exact) mass is 311 g/mol. The molecule has 0 radical (unpaired) electrons. The van der Waals surface area contributed by atoms with Gasteiger partial charge >= 0.3 is 0 Å².